The predicted molar refractivity (Wildman–Crippen MR) is 90.8 cm³/mol. The number of fused-ring (bicyclic) bond motifs is 3. The Morgan fingerprint density at radius 1 is 1.36 bits per heavy atom. The van der Waals surface area contributed by atoms with Crippen molar-refractivity contribution >= 4 is 33.4 Å². The van der Waals surface area contributed by atoms with Crippen molar-refractivity contribution in [2.75, 3.05) is 20.6 Å². The molecule has 5 nitrogen and oxygen atoms in total. The zero-order valence-corrected chi connectivity index (χ0v) is 13.7. The zero-order valence-electron chi connectivity index (χ0n) is 13.0. The lowest BCUT2D eigenvalue weighted by Gasteiger charge is -2.13. The highest BCUT2D eigenvalue weighted by atomic mass is 35.5. The number of aromatic amines is 1. The molecule has 0 atom stereocenters. The van der Waals surface area contributed by atoms with Crippen molar-refractivity contribution in [2.24, 2.45) is 0 Å². The molecule has 0 spiro atoms. The maximum absolute atomic E-state index is 12.8. The van der Waals surface area contributed by atoms with Gasteiger partial charge in [0.1, 0.15) is 5.52 Å². The third kappa shape index (κ3) is 2.51. The normalized spacial score (nSPS) is 11.9. The van der Waals surface area contributed by atoms with Crippen LogP contribution in [0.25, 0.3) is 21.8 Å². The Labute approximate surface area is 133 Å². The maximum Gasteiger partial charge on any atom is 0.262 e. The molecule has 22 heavy (non-hydrogen) atoms. The number of aryl methyl sites for hydroxylation is 2. The molecule has 6 heteroatoms. The number of hydrogen-bond acceptors (Lipinski definition) is 3. The minimum Gasteiger partial charge on any atom is -0.309 e. The Morgan fingerprint density at radius 2 is 2.14 bits per heavy atom. The smallest absolute Gasteiger partial charge is 0.262 e. The molecule has 2 aromatic heterocycles. The van der Waals surface area contributed by atoms with E-state index in [2.05, 4.69) is 15.1 Å². The van der Waals surface area contributed by atoms with Gasteiger partial charge in [0.05, 0.1) is 10.9 Å². The van der Waals surface area contributed by atoms with Gasteiger partial charge in [0, 0.05) is 22.6 Å². The second kappa shape index (κ2) is 5.74. The predicted octanol–water partition coefficient (Wildman–Crippen LogP) is 2.79. The van der Waals surface area contributed by atoms with E-state index in [0.29, 0.717) is 22.5 Å². The fourth-order valence-corrected chi connectivity index (χ4v) is 3.00. The molecule has 0 saturated carbocycles. The Hall–Kier alpha value is -1.85. The molecule has 116 valence electrons. The summed E-state index contributed by atoms with van der Waals surface area (Å²) in [6.45, 7) is 3.48. The average Bonchev–Trinajstić information content (AvgIpc) is 2.85. The number of rotatable bonds is 4. The summed E-state index contributed by atoms with van der Waals surface area (Å²) in [5.41, 5.74) is 2.38. The second-order valence-electron chi connectivity index (χ2n) is 5.85. The number of nitrogens with zero attached hydrogens (tertiary/aromatic N) is 3. The molecular weight excluding hydrogens is 300 g/mol. The summed E-state index contributed by atoms with van der Waals surface area (Å²) in [5.74, 6) is 0. The molecule has 0 aliphatic carbocycles. The van der Waals surface area contributed by atoms with E-state index < -0.39 is 0 Å². The van der Waals surface area contributed by atoms with Crippen LogP contribution in [0.5, 0.6) is 0 Å². The van der Waals surface area contributed by atoms with Gasteiger partial charge in [-0.1, -0.05) is 11.6 Å². The molecule has 2 heterocycles. The van der Waals surface area contributed by atoms with Crippen LogP contribution in [0.15, 0.2) is 23.0 Å². The standard InChI is InChI=1S/C16H19ClN4O/c1-10-14-15(19-18-10)12-9-11(17)5-6-13(12)21(16(14)22)8-4-7-20(2)3/h5-6,9H,4,7-8H2,1-3H3,(H,18,19). The third-order valence-electron chi connectivity index (χ3n) is 3.90. The summed E-state index contributed by atoms with van der Waals surface area (Å²) in [6.07, 6.45) is 0.910. The number of aromatic nitrogens is 3. The van der Waals surface area contributed by atoms with Crippen LogP contribution in [0.2, 0.25) is 5.02 Å². The molecule has 1 aromatic carbocycles. The molecule has 0 amide bonds. The van der Waals surface area contributed by atoms with Crippen molar-refractivity contribution in [3.8, 4) is 0 Å². The van der Waals surface area contributed by atoms with Crippen LogP contribution >= 0.6 is 11.6 Å². The van der Waals surface area contributed by atoms with Crippen LogP contribution in [-0.2, 0) is 6.54 Å². The number of nitrogens with one attached hydrogen (secondary N) is 1. The fourth-order valence-electron chi connectivity index (χ4n) is 2.83. The Morgan fingerprint density at radius 3 is 2.86 bits per heavy atom. The van der Waals surface area contributed by atoms with Crippen LogP contribution < -0.4 is 5.56 Å². The van der Waals surface area contributed by atoms with Crippen LogP contribution in [0.4, 0.5) is 0 Å². The molecule has 1 N–H and O–H groups in total. The van der Waals surface area contributed by atoms with Crippen molar-refractivity contribution in [3.63, 3.8) is 0 Å². The third-order valence-corrected chi connectivity index (χ3v) is 4.13. The van der Waals surface area contributed by atoms with Gasteiger partial charge in [-0.25, -0.2) is 0 Å². The summed E-state index contributed by atoms with van der Waals surface area (Å²) in [5, 5.41) is 9.42. The summed E-state index contributed by atoms with van der Waals surface area (Å²) >= 11 is 6.13. The van der Waals surface area contributed by atoms with Crippen LogP contribution in [0.1, 0.15) is 12.1 Å². The van der Waals surface area contributed by atoms with Crippen LogP contribution in [-0.4, -0.2) is 40.3 Å². The summed E-state index contributed by atoms with van der Waals surface area (Å²) in [7, 11) is 4.06. The van der Waals surface area contributed by atoms with Crippen molar-refractivity contribution in [1.82, 2.24) is 19.7 Å². The largest absolute Gasteiger partial charge is 0.309 e. The summed E-state index contributed by atoms with van der Waals surface area (Å²) in [6, 6.07) is 5.59. The second-order valence-corrected chi connectivity index (χ2v) is 6.28. The first-order chi connectivity index (χ1) is 10.5. The lowest BCUT2D eigenvalue weighted by atomic mass is 10.1. The van der Waals surface area contributed by atoms with E-state index in [1.54, 1.807) is 0 Å². The van der Waals surface area contributed by atoms with Crippen molar-refractivity contribution in [3.05, 3.63) is 39.3 Å². The van der Waals surface area contributed by atoms with E-state index in [1.165, 1.54) is 0 Å². The van der Waals surface area contributed by atoms with Gasteiger partial charge in [0.15, 0.2) is 0 Å². The maximum atomic E-state index is 12.8. The van der Waals surface area contributed by atoms with E-state index in [0.717, 1.165) is 29.6 Å². The first kappa shape index (κ1) is 15.1. The van der Waals surface area contributed by atoms with Gasteiger partial charge in [-0.2, -0.15) is 5.10 Å². The Bertz CT molecular complexity index is 894. The molecule has 0 radical (unpaired) electrons. The summed E-state index contributed by atoms with van der Waals surface area (Å²) in [4.78, 5) is 15.0. The highest BCUT2D eigenvalue weighted by Gasteiger charge is 2.15. The van der Waals surface area contributed by atoms with E-state index in [-0.39, 0.29) is 5.56 Å². The minimum absolute atomic E-state index is 0.00910. The van der Waals surface area contributed by atoms with Gasteiger partial charge in [-0.15, -0.1) is 0 Å². The highest BCUT2D eigenvalue weighted by molar-refractivity contribution is 6.31. The number of H-pyrrole nitrogens is 1. The minimum atomic E-state index is 0.00910. The lowest BCUT2D eigenvalue weighted by Crippen LogP contribution is -2.23. The highest BCUT2D eigenvalue weighted by Crippen LogP contribution is 2.25. The van der Waals surface area contributed by atoms with Gasteiger partial charge in [0.2, 0.25) is 0 Å². The lowest BCUT2D eigenvalue weighted by molar-refractivity contribution is 0.387. The van der Waals surface area contributed by atoms with E-state index in [1.807, 2.05) is 43.8 Å². The number of benzene rings is 1. The van der Waals surface area contributed by atoms with E-state index in [9.17, 15) is 4.79 Å². The zero-order chi connectivity index (χ0) is 15.9. The van der Waals surface area contributed by atoms with Gasteiger partial charge >= 0.3 is 0 Å². The average molecular weight is 319 g/mol. The van der Waals surface area contributed by atoms with E-state index >= 15 is 0 Å². The van der Waals surface area contributed by atoms with Gasteiger partial charge in [-0.05, 0) is 52.2 Å². The molecule has 0 saturated heterocycles. The number of hydrogen-bond donors (Lipinski definition) is 1. The van der Waals surface area contributed by atoms with Crippen molar-refractivity contribution in [2.45, 2.75) is 19.9 Å². The number of pyridine rings is 1. The quantitative estimate of drug-likeness (QED) is 0.805. The molecule has 3 rings (SSSR count). The van der Waals surface area contributed by atoms with Crippen molar-refractivity contribution in [1.29, 1.82) is 0 Å². The molecular formula is C16H19ClN4O. The van der Waals surface area contributed by atoms with Gasteiger partial charge in [-0.3, -0.25) is 9.89 Å². The number of halogens is 1. The van der Waals surface area contributed by atoms with Gasteiger partial charge in [0.25, 0.3) is 5.56 Å². The monoisotopic (exact) mass is 318 g/mol. The SMILES string of the molecule is Cc1[nH]nc2c1c(=O)n(CCCN(C)C)c1ccc(Cl)cc21. The molecule has 0 aliphatic rings. The topological polar surface area (TPSA) is 53.9 Å². The van der Waals surface area contributed by atoms with Crippen LogP contribution in [0.3, 0.4) is 0 Å². The fraction of sp³-hybridized carbons (Fsp3) is 0.375. The van der Waals surface area contributed by atoms with Crippen LogP contribution in [0, 0.1) is 6.92 Å². The molecule has 0 fully saturated rings. The first-order valence-corrected chi connectivity index (χ1v) is 7.68. The molecule has 3 aromatic rings. The first-order valence-electron chi connectivity index (χ1n) is 7.30. The molecule has 0 unspecified atom stereocenters. The van der Waals surface area contributed by atoms with Crippen molar-refractivity contribution < 1.29 is 0 Å². The van der Waals surface area contributed by atoms with E-state index in [4.69, 9.17) is 11.6 Å². The molecule has 0 aliphatic heterocycles. The van der Waals surface area contributed by atoms with Gasteiger partial charge < -0.3 is 9.47 Å². The Kier molecular flexibility index (Phi) is 3.93. The Balaban J connectivity index is 2.25. The molecule has 0 bridgehead atoms. The summed E-state index contributed by atoms with van der Waals surface area (Å²) < 4.78 is 1.83.